The van der Waals surface area contributed by atoms with Crippen molar-refractivity contribution in [3.8, 4) is 11.3 Å². The third kappa shape index (κ3) is 9.05. The van der Waals surface area contributed by atoms with Gasteiger partial charge in [-0.1, -0.05) is 87.1 Å². The molecule has 2 heterocycles. The average Bonchev–Trinajstić information content (AvgIpc) is 3.40. The van der Waals surface area contributed by atoms with Crippen molar-refractivity contribution in [3.63, 3.8) is 0 Å². The maximum absolute atomic E-state index is 12.3. The molecular formula is C31H40N4O3. The highest BCUT2D eigenvalue weighted by molar-refractivity contribution is 5.90. The van der Waals surface area contributed by atoms with Crippen molar-refractivity contribution >= 4 is 23.2 Å². The fraction of sp³-hybridized carbons (Fsp3) is 0.452. The van der Waals surface area contributed by atoms with Crippen molar-refractivity contribution in [2.24, 2.45) is 5.92 Å². The van der Waals surface area contributed by atoms with Crippen LogP contribution >= 0.6 is 0 Å². The molecule has 0 saturated heterocycles. The molecule has 0 N–H and O–H groups in total. The van der Waals surface area contributed by atoms with Crippen molar-refractivity contribution in [1.29, 1.82) is 0 Å². The molecule has 2 unspecified atom stereocenters. The standard InChI is InChI=1S/C31H40N4O3/c1-4-6-7-8-9-10-14-28(37)17-16-24(3)18-27(31(5-2)38-23-36)21-35-22-30(33-34-35)26-19-25-13-11-12-15-29(25)32-20-26/h11-13,15-20,22-23,27,31H,4-10,14,21H2,1-3H3/b17-16+,24-18+. The lowest BCUT2D eigenvalue weighted by Gasteiger charge is -2.22. The van der Waals surface area contributed by atoms with Gasteiger partial charge in [0, 0.05) is 29.5 Å². The van der Waals surface area contributed by atoms with E-state index >= 15 is 0 Å². The fourth-order valence-electron chi connectivity index (χ4n) is 4.58. The monoisotopic (exact) mass is 516 g/mol. The van der Waals surface area contributed by atoms with E-state index in [2.05, 4.69) is 28.3 Å². The van der Waals surface area contributed by atoms with Gasteiger partial charge in [0.25, 0.3) is 6.47 Å². The summed E-state index contributed by atoms with van der Waals surface area (Å²) >= 11 is 0. The van der Waals surface area contributed by atoms with Gasteiger partial charge >= 0.3 is 0 Å². The van der Waals surface area contributed by atoms with Crippen LogP contribution in [-0.4, -0.2) is 38.3 Å². The Morgan fingerprint density at radius 1 is 1.08 bits per heavy atom. The van der Waals surface area contributed by atoms with Crippen LogP contribution in [0.2, 0.25) is 0 Å². The number of ketones is 1. The van der Waals surface area contributed by atoms with Crippen molar-refractivity contribution in [2.45, 2.75) is 84.8 Å². The van der Waals surface area contributed by atoms with Crippen LogP contribution < -0.4 is 0 Å². The lowest BCUT2D eigenvalue weighted by molar-refractivity contribution is -0.135. The third-order valence-corrected chi connectivity index (χ3v) is 6.72. The van der Waals surface area contributed by atoms with Crippen molar-refractivity contribution in [1.82, 2.24) is 20.0 Å². The first-order chi connectivity index (χ1) is 18.5. The molecule has 38 heavy (non-hydrogen) atoms. The van der Waals surface area contributed by atoms with E-state index in [1.807, 2.05) is 56.5 Å². The summed E-state index contributed by atoms with van der Waals surface area (Å²) in [4.78, 5) is 28.0. The maximum Gasteiger partial charge on any atom is 0.293 e. The number of rotatable bonds is 17. The summed E-state index contributed by atoms with van der Waals surface area (Å²) in [6, 6.07) is 10.00. The summed E-state index contributed by atoms with van der Waals surface area (Å²) in [5.74, 6) is 0.0127. The van der Waals surface area contributed by atoms with Gasteiger partial charge in [-0.05, 0) is 38.0 Å². The molecule has 0 amide bonds. The van der Waals surface area contributed by atoms with E-state index in [1.54, 1.807) is 17.0 Å². The largest absolute Gasteiger partial charge is 0.464 e. The van der Waals surface area contributed by atoms with Crippen LogP contribution in [-0.2, 0) is 20.9 Å². The zero-order valence-electron chi connectivity index (χ0n) is 22.9. The van der Waals surface area contributed by atoms with E-state index in [1.165, 1.54) is 25.7 Å². The van der Waals surface area contributed by atoms with Crippen LogP contribution in [0, 0.1) is 5.92 Å². The molecule has 3 aromatic rings. The Hall–Kier alpha value is -3.61. The van der Waals surface area contributed by atoms with Gasteiger partial charge in [-0.2, -0.15) is 0 Å². The molecule has 0 aliphatic heterocycles. The molecule has 0 bridgehead atoms. The Kier molecular flexibility index (Phi) is 11.9. The Morgan fingerprint density at radius 3 is 2.66 bits per heavy atom. The van der Waals surface area contributed by atoms with E-state index in [-0.39, 0.29) is 17.8 Å². The third-order valence-electron chi connectivity index (χ3n) is 6.72. The normalized spacial score (nSPS) is 13.6. The van der Waals surface area contributed by atoms with Crippen LogP contribution in [0.4, 0.5) is 0 Å². The van der Waals surface area contributed by atoms with Crippen LogP contribution in [0.1, 0.15) is 72.1 Å². The number of allylic oxidation sites excluding steroid dienone is 3. The summed E-state index contributed by atoms with van der Waals surface area (Å²) in [7, 11) is 0. The van der Waals surface area contributed by atoms with Crippen LogP contribution in [0.5, 0.6) is 0 Å². The molecule has 0 aliphatic rings. The highest BCUT2D eigenvalue weighted by Crippen LogP contribution is 2.22. The summed E-state index contributed by atoms with van der Waals surface area (Å²) in [5.41, 5.74) is 3.49. The smallest absolute Gasteiger partial charge is 0.293 e. The molecule has 202 valence electrons. The molecule has 7 heteroatoms. The molecule has 0 spiro atoms. The first kappa shape index (κ1) is 29.0. The van der Waals surface area contributed by atoms with Gasteiger partial charge in [0.05, 0.1) is 18.3 Å². The minimum Gasteiger partial charge on any atom is -0.464 e. The van der Waals surface area contributed by atoms with Gasteiger partial charge in [0.2, 0.25) is 0 Å². The Balaban J connectivity index is 1.66. The Labute approximate surface area is 226 Å². The number of carbonyl (C=O) groups excluding carboxylic acids is 2. The van der Waals surface area contributed by atoms with Crippen LogP contribution in [0.3, 0.4) is 0 Å². The van der Waals surface area contributed by atoms with Gasteiger partial charge in [0.1, 0.15) is 11.8 Å². The second kappa shape index (κ2) is 15.6. The van der Waals surface area contributed by atoms with Gasteiger partial charge in [-0.3, -0.25) is 19.3 Å². The van der Waals surface area contributed by atoms with E-state index in [0.29, 0.717) is 25.9 Å². The van der Waals surface area contributed by atoms with Crippen LogP contribution in [0.15, 0.2) is 66.5 Å². The Bertz CT molecular complexity index is 1230. The topological polar surface area (TPSA) is 87.0 Å². The summed E-state index contributed by atoms with van der Waals surface area (Å²) in [6.45, 7) is 7.13. The number of hydrogen-bond donors (Lipinski definition) is 0. The first-order valence-corrected chi connectivity index (χ1v) is 13.8. The number of unbranched alkanes of at least 4 members (excludes halogenated alkanes) is 5. The number of para-hydroxylation sites is 1. The number of carbonyl (C=O) groups is 2. The molecule has 0 saturated carbocycles. The molecule has 0 radical (unpaired) electrons. The van der Waals surface area contributed by atoms with E-state index in [0.717, 1.165) is 40.6 Å². The number of pyridine rings is 1. The van der Waals surface area contributed by atoms with E-state index in [4.69, 9.17) is 4.74 Å². The highest BCUT2D eigenvalue weighted by Gasteiger charge is 2.21. The minimum absolute atomic E-state index is 0.132. The predicted octanol–water partition coefficient (Wildman–Crippen LogP) is 6.88. The minimum atomic E-state index is -0.315. The molecule has 2 atom stereocenters. The first-order valence-electron chi connectivity index (χ1n) is 13.8. The summed E-state index contributed by atoms with van der Waals surface area (Å²) in [5, 5.41) is 9.72. The number of aromatic nitrogens is 4. The zero-order valence-corrected chi connectivity index (χ0v) is 22.9. The quantitative estimate of drug-likeness (QED) is 0.0841. The lowest BCUT2D eigenvalue weighted by Crippen LogP contribution is -2.26. The van der Waals surface area contributed by atoms with E-state index in [9.17, 15) is 9.59 Å². The second-order valence-corrected chi connectivity index (χ2v) is 9.81. The number of hydrogen-bond acceptors (Lipinski definition) is 6. The van der Waals surface area contributed by atoms with Gasteiger partial charge < -0.3 is 4.74 Å². The van der Waals surface area contributed by atoms with Gasteiger partial charge in [0.15, 0.2) is 5.78 Å². The lowest BCUT2D eigenvalue weighted by atomic mass is 9.97. The van der Waals surface area contributed by atoms with Crippen molar-refractivity contribution in [2.75, 3.05) is 0 Å². The fourth-order valence-corrected chi connectivity index (χ4v) is 4.58. The van der Waals surface area contributed by atoms with Gasteiger partial charge in [-0.15, -0.1) is 5.10 Å². The average molecular weight is 517 g/mol. The number of benzene rings is 1. The number of nitrogens with zero attached hydrogens (tertiary/aromatic N) is 4. The molecule has 2 aromatic heterocycles. The Morgan fingerprint density at radius 2 is 1.87 bits per heavy atom. The molecule has 0 aliphatic carbocycles. The molecular weight excluding hydrogens is 476 g/mol. The van der Waals surface area contributed by atoms with Crippen molar-refractivity contribution < 1.29 is 14.3 Å². The molecule has 7 nitrogen and oxygen atoms in total. The summed E-state index contributed by atoms with van der Waals surface area (Å²) in [6.07, 6.45) is 17.1. The SMILES string of the molecule is CCCCCCCCC(=O)/C=C/C(C)=C/C(Cn1cc(-c2cnc3ccccc3c2)nn1)C(CC)OC=O. The molecule has 3 rings (SSSR count). The van der Waals surface area contributed by atoms with E-state index < -0.39 is 0 Å². The summed E-state index contributed by atoms with van der Waals surface area (Å²) < 4.78 is 7.16. The molecule has 0 fully saturated rings. The highest BCUT2D eigenvalue weighted by atomic mass is 16.5. The zero-order chi connectivity index (χ0) is 27.2. The second-order valence-electron chi connectivity index (χ2n) is 9.81. The predicted molar refractivity (Wildman–Crippen MR) is 151 cm³/mol. The number of fused-ring (bicyclic) bond motifs is 1. The van der Waals surface area contributed by atoms with Crippen LogP contribution in [0.25, 0.3) is 22.2 Å². The van der Waals surface area contributed by atoms with Crippen molar-refractivity contribution in [3.05, 3.63) is 66.5 Å². The van der Waals surface area contributed by atoms with Gasteiger partial charge in [-0.25, -0.2) is 0 Å². The number of ether oxygens (including phenoxy) is 1. The maximum atomic E-state index is 12.3. The molecule has 1 aromatic carbocycles.